The molecule has 1 aliphatic heterocycles. The minimum Gasteiger partial charge on any atom is -0.461 e. The number of nitriles is 1. The molecular formula is C25H27N3O2. The van der Waals surface area contributed by atoms with E-state index >= 15 is 0 Å². The van der Waals surface area contributed by atoms with Gasteiger partial charge in [0.1, 0.15) is 11.6 Å². The number of fused-ring (bicyclic) bond motifs is 1. The summed E-state index contributed by atoms with van der Waals surface area (Å²) in [6.07, 6.45) is 6.43. The van der Waals surface area contributed by atoms with Gasteiger partial charge < -0.3 is 10.5 Å². The molecule has 6 atom stereocenters. The molecule has 1 unspecified atom stereocenters. The molecule has 2 fully saturated rings. The van der Waals surface area contributed by atoms with E-state index in [0.29, 0.717) is 23.8 Å². The lowest BCUT2D eigenvalue weighted by Gasteiger charge is -2.45. The number of carbonyl (C=O) groups excluding carboxylic acids is 1. The van der Waals surface area contributed by atoms with Crippen molar-refractivity contribution in [3.8, 4) is 17.2 Å². The highest BCUT2D eigenvalue weighted by atomic mass is 16.6. The van der Waals surface area contributed by atoms with Crippen LogP contribution in [0.15, 0.2) is 48.7 Å². The largest absolute Gasteiger partial charge is 0.461 e. The summed E-state index contributed by atoms with van der Waals surface area (Å²) < 4.78 is 5.54. The normalized spacial score (nSPS) is 33.2. The molecule has 4 rings (SSSR count). The van der Waals surface area contributed by atoms with E-state index in [-0.39, 0.29) is 23.9 Å². The molecule has 0 amide bonds. The summed E-state index contributed by atoms with van der Waals surface area (Å²) in [7, 11) is 0. The SMILES string of the molecule is CC1C[C@@]2(N)C(=O)O[C@H](C)[C@H]2[C@@H](/C=C/c2ccc(-c3ccccc3C#N)cn2)[C@@H]1C. The maximum atomic E-state index is 12.4. The summed E-state index contributed by atoms with van der Waals surface area (Å²) >= 11 is 0. The van der Waals surface area contributed by atoms with Crippen LogP contribution in [0.5, 0.6) is 0 Å². The maximum absolute atomic E-state index is 12.4. The molecule has 2 N–H and O–H groups in total. The topological polar surface area (TPSA) is 89.0 Å². The molecule has 5 nitrogen and oxygen atoms in total. The average molecular weight is 402 g/mol. The van der Waals surface area contributed by atoms with E-state index in [1.54, 1.807) is 12.3 Å². The molecule has 5 heteroatoms. The van der Waals surface area contributed by atoms with Gasteiger partial charge in [0.2, 0.25) is 0 Å². The summed E-state index contributed by atoms with van der Waals surface area (Å²) in [5, 5.41) is 9.32. The molecule has 2 aromatic rings. The van der Waals surface area contributed by atoms with Crippen molar-refractivity contribution in [1.29, 1.82) is 5.26 Å². The van der Waals surface area contributed by atoms with Gasteiger partial charge in [0, 0.05) is 23.2 Å². The number of esters is 1. The second kappa shape index (κ2) is 7.70. The predicted molar refractivity (Wildman–Crippen MR) is 116 cm³/mol. The van der Waals surface area contributed by atoms with Gasteiger partial charge in [-0.3, -0.25) is 9.78 Å². The van der Waals surface area contributed by atoms with Crippen LogP contribution < -0.4 is 5.73 Å². The van der Waals surface area contributed by atoms with E-state index in [2.05, 4.69) is 31.0 Å². The number of benzene rings is 1. The fourth-order valence-electron chi connectivity index (χ4n) is 5.21. The smallest absolute Gasteiger partial charge is 0.326 e. The van der Waals surface area contributed by atoms with E-state index < -0.39 is 5.54 Å². The van der Waals surface area contributed by atoms with Crippen molar-refractivity contribution in [2.45, 2.75) is 38.8 Å². The molecule has 0 spiro atoms. The molecule has 154 valence electrons. The van der Waals surface area contributed by atoms with Gasteiger partial charge in [-0.05, 0) is 49.3 Å². The Morgan fingerprint density at radius 1 is 1.23 bits per heavy atom. The summed E-state index contributed by atoms with van der Waals surface area (Å²) in [6, 6.07) is 13.7. The van der Waals surface area contributed by atoms with Crippen molar-refractivity contribution < 1.29 is 9.53 Å². The zero-order chi connectivity index (χ0) is 21.5. The van der Waals surface area contributed by atoms with E-state index in [4.69, 9.17) is 10.5 Å². The first-order valence-corrected chi connectivity index (χ1v) is 10.5. The van der Waals surface area contributed by atoms with Crippen LogP contribution in [0.25, 0.3) is 17.2 Å². The van der Waals surface area contributed by atoms with Crippen molar-refractivity contribution in [1.82, 2.24) is 4.98 Å². The molecule has 1 aromatic heterocycles. The Labute approximate surface area is 177 Å². The lowest BCUT2D eigenvalue weighted by molar-refractivity contribution is -0.145. The van der Waals surface area contributed by atoms with Crippen molar-refractivity contribution >= 4 is 12.0 Å². The Morgan fingerprint density at radius 3 is 2.70 bits per heavy atom. The standard InChI is InChI=1S/C25H27N3O2/c1-15-12-25(27)23(17(3)30-24(25)29)21(16(15)2)11-10-20-9-8-19(14-28-20)22-7-5-4-6-18(22)13-26/h4-11,14-17,21,23H,12,27H2,1-3H3/b11-10+/t15?,16-,17-,21+,23+,25+/m1/s1. The van der Waals surface area contributed by atoms with Crippen LogP contribution in [-0.2, 0) is 9.53 Å². The van der Waals surface area contributed by atoms with Crippen LogP contribution in [0.1, 0.15) is 38.4 Å². The van der Waals surface area contributed by atoms with Gasteiger partial charge in [-0.25, -0.2) is 0 Å². The third kappa shape index (κ3) is 3.32. The Hall–Kier alpha value is -2.97. The summed E-state index contributed by atoms with van der Waals surface area (Å²) in [5.41, 5.74) is 8.92. The number of allylic oxidation sites excluding steroid dienone is 1. The third-order valence-electron chi connectivity index (χ3n) is 6.99. The minimum absolute atomic E-state index is 0.0331. The maximum Gasteiger partial charge on any atom is 0.326 e. The quantitative estimate of drug-likeness (QED) is 0.779. The van der Waals surface area contributed by atoms with Gasteiger partial charge in [-0.15, -0.1) is 0 Å². The van der Waals surface area contributed by atoms with Gasteiger partial charge in [0.15, 0.2) is 0 Å². The molecule has 1 saturated carbocycles. The molecule has 0 radical (unpaired) electrons. The lowest BCUT2D eigenvalue weighted by atomic mass is 9.59. The summed E-state index contributed by atoms with van der Waals surface area (Å²) in [5.74, 6) is 0.559. The van der Waals surface area contributed by atoms with E-state index in [9.17, 15) is 10.1 Å². The Bertz CT molecular complexity index is 1020. The number of rotatable bonds is 3. The van der Waals surface area contributed by atoms with E-state index in [0.717, 1.165) is 16.8 Å². The van der Waals surface area contributed by atoms with Gasteiger partial charge >= 0.3 is 5.97 Å². The van der Waals surface area contributed by atoms with Crippen molar-refractivity contribution in [3.63, 3.8) is 0 Å². The lowest BCUT2D eigenvalue weighted by Crippen LogP contribution is -2.58. The Morgan fingerprint density at radius 2 is 2.00 bits per heavy atom. The highest BCUT2D eigenvalue weighted by Gasteiger charge is 2.60. The fraction of sp³-hybridized carbons (Fsp3) is 0.400. The third-order valence-corrected chi connectivity index (χ3v) is 6.99. The molecular weight excluding hydrogens is 374 g/mol. The van der Waals surface area contributed by atoms with Crippen LogP contribution >= 0.6 is 0 Å². The molecule has 1 saturated heterocycles. The molecule has 1 aromatic carbocycles. The molecule has 2 aliphatic rings. The van der Waals surface area contributed by atoms with Crippen molar-refractivity contribution in [2.75, 3.05) is 0 Å². The van der Waals surface area contributed by atoms with Crippen LogP contribution in [0.3, 0.4) is 0 Å². The van der Waals surface area contributed by atoms with Crippen molar-refractivity contribution in [2.24, 2.45) is 29.4 Å². The van der Waals surface area contributed by atoms with Crippen LogP contribution in [-0.4, -0.2) is 22.6 Å². The molecule has 1 aliphatic carbocycles. The highest BCUT2D eigenvalue weighted by Crippen LogP contribution is 2.50. The number of hydrogen-bond acceptors (Lipinski definition) is 5. The molecule has 30 heavy (non-hydrogen) atoms. The first-order valence-electron chi connectivity index (χ1n) is 10.5. The zero-order valence-electron chi connectivity index (χ0n) is 17.6. The fourth-order valence-corrected chi connectivity index (χ4v) is 5.21. The number of aromatic nitrogens is 1. The highest BCUT2D eigenvalue weighted by molar-refractivity contribution is 5.84. The van der Waals surface area contributed by atoms with Gasteiger partial charge in [-0.2, -0.15) is 5.26 Å². The van der Waals surface area contributed by atoms with Crippen LogP contribution in [0.2, 0.25) is 0 Å². The summed E-state index contributed by atoms with van der Waals surface area (Å²) in [6.45, 7) is 6.33. The number of cyclic esters (lactones) is 1. The zero-order valence-corrected chi connectivity index (χ0v) is 17.6. The first kappa shape index (κ1) is 20.3. The van der Waals surface area contributed by atoms with E-state index in [1.807, 2.05) is 43.3 Å². The number of ether oxygens (including phenoxy) is 1. The van der Waals surface area contributed by atoms with Crippen molar-refractivity contribution in [3.05, 3.63) is 59.9 Å². The number of hydrogen-bond donors (Lipinski definition) is 1. The summed E-state index contributed by atoms with van der Waals surface area (Å²) in [4.78, 5) is 17.0. The number of carbonyl (C=O) groups is 1. The van der Waals surface area contributed by atoms with E-state index in [1.165, 1.54) is 0 Å². The molecule has 2 heterocycles. The van der Waals surface area contributed by atoms with Gasteiger partial charge in [0.25, 0.3) is 0 Å². The Kier molecular flexibility index (Phi) is 5.21. The average Bonchev–Trinajstić information content (AvgIpc) is 2.97. The number of nitrogens with zero attached hydrogens (tertiary/aromatic N) is 2. The second-order valence-corrected chi connectivity index (χ2v) is 8.78. The number of pyridine rings is 1. The first-order chi connectivity index (χ1) is 14.3. The Balaban J connectivity index is 1.60. The number of nitrogens with two attached hydrogens (primary N) is 1. The predicted octanol–water partition coefficient (Wildman–Crippen LogP) is 4.18. The minimum atomic E-state index is -0.904. The van der Waals surface area contributed by atoms with Gasteiger partial charge in [-0.1, -0.05) is 44.2 Å². The van der Waals surface area contributed by atoms with Crippen LogP contribution in [0, 0.1) is 35.0 Å². The van der Waals surface area contributed by atoms with Gasteiger partial charge in [0.05, 0.1) is 17.3 Å². The monoisotopic (exact) mass is 401 g/mol. The molecule has 0 bridgehead atoms. The van der Waals surface area contributed by atoms with Crippen LogP contribution in [0.4, 0.5) is 0 Å². The second-order valence-electron chi connectivity index (χ2n) is 8.78.